The zero-order valence-electron chi connectivity index (χ0n) is 15.8. The van der Waals surface area contributed by atoms with Crippen molar-refractivity contribution in [1.82, 2.24) is 19.9 Å². The number of nitrogens with zero attached hydrogens (tertiary/aromatic N) is 2. The van der Waals surface area contributed by atoms with E-state index >= 15 is 0 Å². The van der Waals surface area contributed by atoms with E-state index in [1.807, 2.05) is 20.0 Å². The third kappa shape index (κ3) is 2.99. The van der Waals surface area contributed by atoms with E-state index in [9.17, 15) is 0 Å². The van der Waals surface area contributed by atoms with Gasteiger partial charge in [0.2, 0.25) is 0 Å². The summed E-state index contributed by atoms with van der Waals surface area (Å²) in [5.41, 5.74) is 9.01. The van der Waals surface area contributed by atoms with Gasteiger partial charge in [-0.3, -0.25) is 0 Å². The van der Waals surface area contributed by atoms with Gasteiger partial charge < -0.3 is 9.97 Å². The lowest BCUT2D eigenvalue weighted by Crippen LogP contribution is -1.83. The number of H-pyrrole nitrogens is 2. The zero-order valence-corrected chi connectivity index (χ0v) is 15.8. The van der Waals surface area contributed by atoms with Crippen LogP contribution in [-0.4, -0.2) is 19.9 Å². The molecule has 0 aliphatic carbocycles. The Morgan fingerprint density at radius 3 is 1.82 bits per heavy atom. The second-order valence-electron chi connectivity index (χ2n) is 7.12. The summed E-state index contributed by atoms with van der Waals surface area (Å²) in [5, 5.41) is 0. The van der Waals surface area contributed by atoms with E-state index in [1.165, 1.54) is 22.3 Å². The van der Waals surface area contributed by atoms with E-state index in [-0.39, 0.29) is 0 Å². The van der Waals surface area contributed by atoms with Crippen molar-refractivity contribution >= 4 is 11.0 Å². The highest BCUT2D eigenvalue weighted by Crippen LogP contribution is 2.28. The highest BCUT2D eigenvalue weighted by molar-refractivity contribution is 5.82. The van der Waals surface area contributed by atoms with Crippen LogP contribution in [0.1, 0.15) is 11.5 Å². The van der Waals surface area contributed by atoms with Crippen LogP contribution in [-0.2, 0) is 0 Å². The third-order valence-corrected chi connectivity index (χ3v) is 5.01. The van der Waals surface area contributed by atoms with Crippen molar-refractivity contribution in [2.24, 2.45) is 0 Å². The van der Waals surface area contributed by atoms with Crippen LogP contribution in [0.15, 0.2) is 72.9 Å². The molecule has 0 saturated heterocycles. The van der Waals surface area contributed by atoms with E-state index in [1.54, 1.807) is 0 Å². The number of hydrogen-bond donors (Lipinski definition) is 2. The molecule has 5 rings (SSSR count). The summed E-state index contributed by atoms with van der Waals surface area (Å²) in [5.74, 6) is 1.85. The zero-order chi connectivity index (χ0) is 19.1. The normalized spacial score (nSPS) is 11.2. The second-order valence-corrected chi connectivity index (χ2v) is 7.12. The molecule has 0 unspecified atom stereocenters. The standard InChI is InChI=1S/C24H20N4/c1-15-14-25-24(26-15)20-9-7-18(8-10-20)17-3-5-19(6-4-17)21-11-12-22-23(13-21)28-16(2)27-22/h3-14H,1-2H3,(H,25,26)(H,27,28). The molecule has 0 atom stereocenters. The molecule has 2 aromatic heterocycles. The van der Waals surface area contributed by atoms with Crippen molar-refractivity contribution in [3.05, 3.63) is 84.4 Å². The van der Waals surface area contributed by atoms with Crippen molar-refractivity contribution in [3.8, 4) is 33.6 Å². The summed E-state index contributed by atoms with van der Waals surface area (Å²) in [6.45, 7) is 3.99. The van der Waals surface area contributed by atoms with Crippen molar-refractivity contribution in [2.75, 3.05) is 0 Å². The Kier molecular flexibility index (Phi) is 3.83. The molecular weight excluding hydrogens is 344 g/mol. The number of nitrogens with one attached hydrogen (secondary N) is 2. The molecule has 0 spiro atoms. The molecule has 0 aliphatic rings. The van der Waals surface area contributed by atoms with Gasteiger partial charge in [-0.05, 0) is 48.2 Å². The third-order valence-electron chi connectivity index (χ3n) is 5.01. The van der Waals surface area contributed by atoms with E-state index in [0.29, 0.717) is 0 Å². The van der Waals surface area contributed by atoms with Crippen LogP contribution < -0.4 is 0 Å². The molecule has 4 nitrogen and oxygen atoms in total. The summed E-state index contributed by atoms with van der Waals surface area (Å²) in [6, 6.07) is 23.5. The Labute approximate surface area is 163 Å². The fraction of sp³-hybridized carbons (Fsp3) is 0.0833. The van der Waals surface area contributed by atoms with Crippen molar-refractivity contribution in [3.63, 3.8) is 0 Å². The number of aromatic nitrogens is 4. The van der Waals surface area contributed by atoms with Gasteiger partial charge in [0.05, 0.1) is 11.0 Å². The molecule has 136 valence electrons. The van der Waals surface area contributed by atoms with Crippen LogP contribution in [0.3, 0.4) is 0 Å². The van der Waals surface area contributed by atoms with E-state index < -0.39 is 0 Å². The van der Waals surface area contributed by atoms with Crippen molar-refractivity contribution in [2.45, 2.75) is 13.8 Å². The molecule has 0 amide bonds. The summed E-state index contributed by atoms with van der Waals surface area (Å²) in [4.78, 5) is 15.4. The monoisotopic (exact) mass is 364 g/mol. The quantitative estimate of drug-likeness (QED) is 0.418. The smallest absolute Gasteiger partial charge is 0.137 e. The Morgan fingerprint density at radius 2 is 1.21 bits per heavy atom. The Morgan fingerprint density at radius 1 is 0.643 bits per heavy atom. The lowest BCUT2D eigenvalue weighted by atomic mass is 9.99. The van der Waals surface area contributed by atoms with Gasteiger partial charge in [-0.2, -0.15) is 0 Å². The van der Waals surface area contributed by atoms with Gasteiger partial charge in [0.25, 0.3) is 0 Å². The van der Waals surface area contributed by atoms with Crippen LogP contribution in [0.2, 0.25) is 0 Å². The molecule has 0 radical (unpaired) electrons. The molecule has 0 fully saturated rings. The van der Waals surface area contributed by atoms with Gasteiger partial charge in [-0.15, -0.1) is 0 Å². The summed E-state index contributed by atoms with van der Waals surface area (Å²) in [7, 11) is 0. The van der Waals surface area contributed by atoms with Crippen LogP contribution in [0.4, 0.5) is 0 Å². The molecule has 3 aromatic carbocycles. The van der Waals surface area contributed by atoms with Gasteiger partial charge in [0.1, 0.15) is 11.6 Å². The average molecular weight is 364 g/mol. The molecule has 0 bridgehead atoms. The number of aryl methyl sites for hydroxylation is 2. The molecule has 0 saturated carbocycles. The molecule has 2 heterocycles. The number of aromatic amines is 2. The molecule has 4 heteroatoms. The maximum Gasteiger partial charge on any atom is 0.137 e. The molecule has 28 heavy (non-hydrogen) atoms. The van der Waals surface area contributed by atoms with Crippen molar-refractivity contribution in [1.29, 1.82) is 0 Å². The fourth-order valence-corrected chi connectivity index (χ4v) is 3.55. The topological polar surface area (TPSA) is 57.4 Å². The first kappa shape index (κ1) is 16.5. The SMILES string of the molecule is Cc1cnc(-c2ccc(-c3ccc(-c4ccc5nc(C)[nH]c5c4)cc3)cc2)[nH]1. The highest BCUT2D eigenvalue weighted by atomic mass is 14.9. The van der Waals surface area contributed by atoms with Gasteiger partial charge in [0.15, 0.2) is 0 Å². The minimum absolute atomic E-state index is 0.906. The number of benzene rings is 3. The van der Waals surface area contributed by atoms with Crippen LogP contribution in [0.25, 0.3) is 44.7 Å². The van der Waals surface area contributed by atoms with E-state index in [0.717, 1.165) is 33.9 Å². The average Bonchev–Trinajstić information content (AvgIpc) is 3.32. The van der Waals surface area contributed by atoms with Crippen LogP contribution in [0, 0.1) is 13.8 Å². The van der Waals surface area contributed by atoms with E-state index in [4.69, 9.17) is 0 Å². The molecular formula is C24H20N4. The van der Waals surface area contributed by atoms with E-state index in [2.05, 4.69) is 86.7 Å². The molecule has 2 N–H and O–H groups in total. The maximum atomic E-state index is 4.47. The predicted octanol–water partition coefficient (Wildman–Crippen LogP) is 5.90. The largest absolute Gasteiger partial charge is 0.342 e. The first-order valence-corrected chi connectivity index (χ1v) is 9.35. The number of rotatable bonds is 3. The molecule has 5 aromatic rings. The fourth-order valence-electron chi connectivity index (χ4n) is 3.55. The summed E-state index contributed by atoms with van der Waals surface area (Å²) in [6.07, 6.45) is 1.85. The number of fused-ring (bicyclic) bond motifs is 1. The minimum Gasteiger partial charge on any atom is -0.342 e. The summed E-state index contributed by atoms with van der Waals surface area (Å²) < 4.78 is 0. The minimum atomic E-state index is 0.906. The van der Waals surface area contributed by atoms with Gasteiger partial charge in [-0.1, -0.05) is 54.6 Å². The first-order valence-electron chi connectivity index (χ1n) is 9.35. The van der Waals surface area contributed by atoms with Crippen LogP contribution >= 0.6 is 0 Å². The first-order chi connectivity index (χ1) is 13.7. The Balaban J connectivity index is 1.42. The molecule has 0 aliphatic heterocycles. The predicted molar refractivity (Wildman–Crippen MR) is 114 cm³/mol. The Bertz CT molecular complexity index is 1260. The Hall–Kier alpha value is -3.66. The number of imidazole rings is 2. The lowest BCUT2D eigenvalue weighted by Gasteiger charge is -2.06. The van der Waals surface area contributed by atoms with Gasteiger partial charge in [-0.25, -0.2) is 9.97 Å². The van der Waals surface area contributed by atoms with Gasteiger partial charge in [0, 0.05) is 17.5 Å². The second kappa shape index (κ2) is 6.50. The maximum absolute atomic E-state index is 4.47. The van der Waals surface area contributed by atoms with Gasteiger partial charge >= 0.3 is 0 Å². The summed E-state index contributed by atoms with van der Waals surface area (Å²) >= 11 is 0. The van der Waals surface area contributed by atoms with Crippen LogP contribution in [0.5, 0.6) is 0 Å². The number of hydrogen-bond acceptors (Lipinski definition) is 2. The lowest BCUT2D eigenvalue weighted by molar-refractivity contribution is 1.17. The highest BCUT2D eigenvalue weighted by Gasteiger charge is 2.05. The van der Waals surface area contributed by atoms with Crippen molar-refractivity contribution < 1.29 is 0 Å².